The number of benzene rings is 1. The molecule has 0 aliphatic carbocycles. The second-order valence-electron chi connectivity index (χ2n) is 5.67. The number of carbonyl (C=O) groups is 1. The van der Waals surface area contributed by atoms with E-state index in [4.69, 9.17) is 11.6 Å². The number of fused-ring (bicyclic) bond motifs is 1. The molecule has 0 saturated heterocycles. The van der Waals surface area contributed by atoms with Crippen LogP contribution in [0, 0.1) is 13.8 Å². The molecule has 1 N–H and O–H groups in total. The van der Waals surface area contributed by atoms with Crippen molar-refractivity contribution in [2.24, 2.45) is 0 Å². The van der Waals surface area contributed by atoms with Gasteiger partial charge in [-0.1, -0.05) is 23.4 Å². The lowest BCUT2D eigenvalue weighted by Gasteiger charge is -2.11. The molecular weight excluding hydrogens is 403 g/mol. The molecule has 0 spiro atoms. The summed E-state index contributed by atoms with van der Waals surface area (Å²) in [5, 5.41) is 6.58. The average molecular weight is 416 g/mol. The smallest absolute Gasteiger partial charge is 0.325 e. The van der Waals surface area contributed by atoms with Gasteiger partial charge in [0.05, 0.1) is 16.3 Å². The van der Waals surface area contributed by atoms with Crippen LogP contribution in [0.5, 0.6) is 0 Å². The van der Waals surface area contributed by atoms with Crippen LogP contribution in [0.3, 0.4) is 0 Å². The van der Waals surface area contributed by atoms with Crippen LogP contribution >= 0.6 is 23.4 Å². The summed E-state index contributed by atoms with van der Waals surface area (Å²) in [5.41, 5.74) is 0.647. The molecule has 142 valence electrons. The Labute approximate surface area is 161 Å². The van der Waals surface area contributed by atoms with Crippen molar-refractivity contribution in [2.75, 3.05) is 11.1 Å². The zero-order valence-electron chi connectivity index (χ0n) is 14.1. The normalized spacial score (nSPS) is 11.8. The van der Waals surface area contributed by atoms with E-state index < -0.39 is 22.7 Å². The lowest BCUT2D eigenvalue weighted by atomic mass is 10.2. The van der Waals surface area contributed by atoms with Crippen molar-refractivity contribution < 1.29 is 18.0 Å². The van der Waals surface area contributed by atoms with E-state index in [2.05, 4.69) is 20.4 Å². The minimum absolute atomic E-state index is 0.00780. The van der Waals surface area contributed by atoms with Crippen LogP contribution in [0.4, 0.5) is 18.9 Å². The van der Waals surface area contributed by atoms with E-state index in [0.717, 1.165) is 35.3 Å². The number of nitrogens with zero attached hydrogens (tertiary/aromatic N) is 4. The van der Waals surface area contributed by atoms with E-state index in [9.17, 15) is 18.0 Å². The Morgan fingerprint density at radius 1 is 1.26 bits per heavy atom. The first-order chi connectivity index (χ1) is 12.6. The molecule has 0 fully saturated rings. The average Bonchev–Trinajstić information content (AvgIpc) is 2.97. The van der Waals surface area contributed by atoms with E-state index in [1.165, 1.54) is 6.07 Å². The van der Waals surface area contributed by atoms with Crippen molar-refractivity contribution in [1.29, 1.82) is 0 Å². The van der Waals surface area contributed by atoms with Crippen molar-refractivity contribution in [3.8, 4) is 0 Å². The first kappa shape index (κ1) is 19.4. The Hall–Kier alpha value is -2.33. The van der Waals surface area contributed by atoms with Gasteiger partial charge >= 0.3 is 6.18 Å². The van der Waals surface area contributed by atoms with Crippen molar-refractivity contribution in [2.45, 2.75) is 25.2 Å². The highest BCUT2D eigenvalue weighted by atomic mass is 35.5. The quantitative estimate of drug-likeness (QED) is 0.648. The monoisotopic (exact) mass is 415 g/mol. The Kier molecular flexibility index (Phi) is 5.29. The summed E-state index contributed by atoms with van der Waals surface area (Å²) in [6, 6.07) is 5.04. The van der Waals surface area contributed by atoms with Crippen LogP contribution in [0.15, 0.2) is 29.4 Å². The molecule has 1 amide bonds. The summed E-state index contributed by atoms with van der Waals surface area (Å²) in [6.45, 7) is 3.69. The summed E-state index contributed by atoms with van der Waals surface area (Å²) in [6.07, 6.45) is -4.60. The van der Waals surface area contributed by atoms with Crippen LogP contribution in [0.2, 0.25) is 5.02 Å². The molecule has 0 radical (unpaired) electrons. The van der Waals surface area contributed by atoms with Crippen LogP contribution in [0.1, 0.15) is 17.0 Å². The van der Waals surface area contributed by atoms with E-state index in [0.29, 0.717) is 10.9 Å². The van der Waals surface area contributed by atoms with Crippen LogP contribution in [0.25, 0.3) is 5.78 Å². The molecule has 0 bridgehead atoms. The number of nitrogens with one attached hydrogen (secondary N) is 1. The predicted octanol–water partition coefficient (Wildman–Crippen LogP) is 4.14. The van der Waals surface area contributed by atoms with Crippen LogP contribution in [-0.4, -0.2) is 31.2 Å². The third-order valence-corrected chi connectivity index (χ3v) is 4.65. The molecular formula is C16H13ClF3N5OS. The largest absolute Gasteiger partial charge is 0.417 e. The highest BCUT2D eigenvalue weighted by Gasteiger charge is 2.33. The molecule has 11 heteroatoms. The zero-order valence-corrected chi connectivity index (χ0v) is 15.7. The minimum atomic E-state index is -4.60. The number of aromatic nitrogens is 4. The molecule has 0 aliphatic heterocycles. The molecule has 2 aromatic heterocycles. The summed E-state index contributed by atoms with van der Waals surface area (Å²) >= 11 is 6.62. The maximum Gasteiger partial charge on any atom is 0.417 e. The summed E-state index contributed by atoms with van der Waals surface area (Å²) in [7, 11) is 0. The SMILES string of the molecule is Cc1cc(C)n2nc(SCC(=O)Nc3ccc(Cl)c(C(F)(F)F)c3)nc2n1. The Morgan fingerprint density at radius 3 is 2.70 bits per heavy atom. The van der Waals surface area contributed by atoms with Gasteiger partial charge in [-0.05, 0) is 38.1 Å². The van der Waals surface area contributed by atoms with Gasteiger partial charge in [0.1, 0.15) is 0 Å². The fraction of sp³-hybridized carbons (Fsp3) is 0.250. The van der Waals surface area contributed by atoms with Gasteiger partial charge in [0, 0.05) is 17.1 Å². The third kappa shape index (κ3) is 4.51. The molecule has 27 heavy (non-hydrogen) atoms. The van der Waals surface area contributed by atoms with Crippen LogP contribution in [-0.2, 0) is 11.0 Å². The number of carbonyl (C=O) groups excluding carboxylic acids is 1. The number of rotatable bonds is 4. The molecule has 0 atom stereocenters. The lowest BCUT2D eigenvalue weighted by Crippen LogP contribution is -2.15. The molecule has 3 rings (SSSR count). The van der Waals surface area contributed by atoms with E-state index in [-0.39, 0.29) is 11.4 Å². The summed E-state index contributed by atoms with van der Waals surface area (Å²) in [5.74, 6) is -0.142. The maximum absolute atomic E-state index is 12.9. The Balaban J connectivity index is 1.68. The van der Waals surface area contributed by atoms with Gasteiger partial charge in [-0.25, -0.2) is 9.50 Å². The Morgan fingerprint density at radius 2 is 2.00 bits per heavy atom. The molecule has 0 aliphatic rings. The number of thioether (sulfide) groups is 1. The highest BCUT2D eigenvalue weighted by molar-refractivity contribution is 7.99. The third-order valence-electron chi connectivity index (χ3n) is 3.49. The molecule has 6 nitrogen and oxygen atoms in total. The van der Waals surface area contributed by atoms with Gasteiger partial charge in [0.2, 0.25) is 11.1 Å². The van der Waals surface area contributed by atoms with Crippen molar-refractivity contribution >= 4 is 40.7 Å². The van der Waals surface area contributed by atoms with E-state index in [1.807, 2.05) is 19.9 Å². The van der Waals surface area contributed by atoms with Crippen LogP contribution < -0.4 is 5.32 Å². The fourth-order valence-electron chi connectivity index (χ4n) is 2.36. The van der Waals surface area contributed by atoms with Gasteiger partial charge in [-0.15, -0.1) is 5.10 Å². The van der Waals surface area contributed by atoms with Crippen molar-refractivity contribution in [3.63, 3.8) is 0 Å². The van der Waals surface area contributed by atoms with Gasteiger partial charge in [0.25, 0.3) is 5.78 Å². The Bertz CT molecular complexity index is 1020. The first-order valence-electron chi connectivity index (χ1n) is 7.64. The molecule has 0 unspecified atom stereocenters. The first-order valence-corrected chi connectivity index (χ1v) is 9.00. The molecule has 3 aromatic rings. The van der Waals surface area contributed by atoms with Gasteiger partial charge in [0.15, 0.2) is 0 Å². The molecule has 1 aromatic carbocycles. The fourth-order valence-corrected chi connectivity index (χ4v) is 3.20. The second-order valence-corrected chi connectivity index (χ2v) is 7.02. The number of halogens is 4. The second kappa shape index (κ2) is 7.35. The standard InChI is InChI=1S/C16H13ClF3N5OS/c1-8-5-9(2)25-14(21-8)23-15(24-25)27-7-13(26)22-10-3-4-12(17)11(6-10)16(18,19)20/h3-6H,7H2,1-2H3,(H,22,26). The number of hydrogen-bond donors (Lipinski definition) is 1. The van der Waals surface area contributed by atoms with E-state index >= 15 is 0 Å². The maximum atomic E-state index is 12.9. The number of aryl methyl sites for hydroxylation is 2. The number of amides is 1. The summed E-state index contributed by atoms with van der Waals surface area (Å²) < 4.78 is 40.2. The van der Waals surface area contributed by atoms with Crippen molar-refractivity contribution in [1.82, 2.24) is 19.6 Å². The van der Waals surface area contributed by atoms with E-state index in [1.54, 1.807) is 4.52 Å². The number of alkyl halides is 3. The molecule has 0 saturated carbocycles. The highest BCUT2D eigenvalue weighted by Crippen LogP contribution is 2.36. The van der Waals surface area contributed by atoms with Gasteiger partial charge < -0.3 is 5.32 Å². The number of hydrogen-bond acceptors (Lipinski definition) is 5. The zero-order chi connectivity index (χ0) is 19.8. The minimum Gasteiger partial charge on any atom is -0.325 e. The van der Waals surface area contributed by atoms with Gasteiger partial charge in [-0.2, -0.15) is 18.2 Å². The summed E-state index contributed by atoms with van der Waals surface area (Å²) in [4.78, 5) is 20.5. The molecule has 2 heterocycles. The van der Waals surface area contributed by atoms with Gasteiger partial charge in [-0.3, -0.25) is 4.79 Å². The predicted molar refractivity (Wildman–Crippen MR) is 96.1 cm³/mol. The lowest BCUT2D eigenvalue weighted by molar-refractivity contribution is -0.137. The number of anilines is 1. The topological polar surface area (TPSA) is 72.2 Å². The van der Waals surface area contributed by atoms with Crippen molar-refractivity contribution in [3.05, 3.63) is 46.2 Å².